The summed E-state index contributed by atoms with van der Waals surface area (Å²) in [5.41, 5.74) is 2.58. The number of fused-ring (bicyclic) bond motifs is 1. The zero-order chi connectivity index (χ0) is 17.8. The molecule has 1 N–H and O–H groups in total. The number of nitrogens with zero attached hydrogens (tertiary/aromatic N) is 1. The van der Waals surface area contributed by atoms with Gasteiger partial charge in [-0.2, -0.15) is 0 Å². The number of hydrogen-bond donors (Lipinski definition) is 1. The Labute approximate surface area is 153 Å². The first-order valence-electron chi connectivity index (χ1n) is 8.61. The first kappa shape index (κ1) is 17.6. The molecule has 0 atom stereocenters. The van der Waals surface area contributed by atoms with Crippen molar-refractivity contribution in [1.82, 2.24) is 4.90 Å². The SMILES string of the molecule is CCCCC(=O)N1CCOc2c(O)cc(-c3cccc(Cl)c3)cc2C1. The molecular weight excluding hydrogens is 338 g/mol. The summed E-state index contributed by atoms with van der Waals surface area (Å²) in [7, 11) is 0. The van der Waals surface area contributed by atoms with Crippen LogP contribution in [0.5, 0.6) is 11.5 Å². The van der Waals surface area contributed by atoms with E-state index in [-0.39, 0.29) is 11.7 Å². The molecule has 0 bridgehead atoms. The lowest BCUT2D eigenvalue weighted by atomic mass is 10.0. The lowest BCUT2D eigenvalue weighted by molar-refractivity contribution is -0.132. The van der Waals surface area contributed by atoms with Gasteiger partial charge < -0.3 is 14.7 Å². The Kier molecular flexibility index (Phi) is 5.49. The first-order chi connectivity index (χ1) is 12.1. The number of hydrogen-bond acceptors (Lipinski definition) is 3. The zero-order valence-corrected chi connectivity index (χ0v) is 15.1. The molecule has 2 aromatic rings. The van der Waals surface area contributed by atoms with E-state index in [2.05, 4.69) is 6.92 Å². The van der Waals surface area contributed by atoms with E-state index in [1.165, 1.54) is 0 Å². The van der Waals surface area contributed by atoms with Gasteiger partial charge in [0, 0.05) is 23.6 Å². The fourth-order valence-corrected chi connectivity index (χ4v) is 3.22. The number of ether oxygens (including phenoxy) is 1. The summed E-state index contributed by atoms with van der Waals surface area (Å²) in [6, 6.07) is 11.1. The maximum atomic E-state index is 12.4. The summed E-state index contributed by atoms with van der Waals surface area (Å²) in [6.07, 6.45) is 2.43. The van der Waals surface area contributed by atoms with E-state index in [1.54, 1.807) is 6.07 Å². The molecule has 2 aromatic carbocycles. The minimum Gasteiger partial charge on any atom is -0.504 e. The molecule has 0 saturated heterocycles. The van der Waals surface area contributed by atoms with Crippen molar-refractivity contribution in [1.29, 1.82) is 0 Å². The number of benzene rings is 2. The molecule has 0 aromatic heterocycles. The van der Waals surface area contributed by atoms with Crippen molar-refractivity contribution in [3.8, 4) is 22.6 Å². The highest BCUT2D eigenvalue weighted by atomic mass is 35.5. The molecule has 0 saturated carbocycles. The summed E-state index contributed by atoms with van der Waals surface area (Å²) in [5.74, 6) is 0.692. The second kappa shape index (κ2) is 7.79. The Balaban J connectivity index is 1.92. The maximum Gasteiger partial charge on any atom is 0.222 e. The molecular formula is C20H22ClNO3. The van der Waals surface area contributed by atoms with E-state index in [0.29, 0.717) is 36.9 Å². The van der Waals surface area contributed by atoms with Crippen molar-refractivity contribution >= 4 is 17.5 Å². The molecule has 5 heteroatoms. The highest BCUT2D eigenvalue weighted by molar-refractivity contribution is 6.30. The second-order valence-corrected chi connectivity index (χ2v) is 6.70. The van der Waals surface area contributed by atoms with Crippen molar-refractivity contribution in [2.45, 2.75) is 32.7 Å². The summed E-state index contributed by atoms with van der Waals surface area (Å²) in [5, 5.41) is 11.0. The molecule has 0 aliphatic carbocycles. The minimum atomic E-state index is 0.0929. The number of phenols is 1. The maximum absolute atomic E-state index is 12.4. The molecule has 1 heterocycles. The first-order valence-corrected chi connectivity index (χ1v) is 8.98. The Morgan fingerprint density at radius 2 is 2.12 bits per heavy atom. The van der Waals surface area contributed by atoms with Gasteiger partial charge >= 0.3 is 0 Å². The monoisotopic (exact) mass is 359 g/mol. The number of phenolic OH excluding ortho intramolecular Hbond substituents is 1. The summed E-state index contributed by atoms with van der Waals surface area (Å²) >= 11 is 6.08. The second-order valence-electron chi connectivity index (χ2n) is 6.26. The van der Waals surface area contributed by atoms with E-state index in [9.17, 15) is 9.90 Å². The fraction of sp³-hybridized carbons (Fsp3) is 0.350. The van der Waals surface area contributed by atoms with Gasteiger partial charge in [0.05, 0.1) is 6.54 Å². The Morgan fingerprint density at radius 3 is 2.88 bits per heavy atom. The quantitative estimate of drug-likeness (QED) is 0.866. The third kappa shape index (κ3) is 4.07. The van der Waals surface area contributed by atoms with Gasteiger partial charge in [0.2, 0.25) is 5.91 Å². The highest BCUT2D eigenvalue weighted by Crippen LogP contribution is 2.38. The van der Waals surface area contributed by atoms with Crippen LogP contribution in [0.1, 0.15) is 31.7 Å². The number of rotatable bonds is 4. The van der Waals surface area contributed by atoms with Gasteiger partial charge in [-0.3, -0.25) is 4.79 Å². The van der Waals surface area contributed by atoms with Gasteiger partial charge in [-0.25, -0.2) is 0 Å². The van der Waals surface area contributed by atoms with Gasteiger partial charge in [0.25, 0.3) is 0 Å². The number of halogens is 1. The fourth-order valence-electron chi connectivity index (χ4n) is 3.03. The van der Waals surface area contributed by atoms with E-state index in [0.717, 1.165) is 29.5 Å². The molecule has 1 amide bonds. The third-order valence-electron chi connectivity index (χ3n) is 4.37. The van der Waals surface area contributed by atoms with Crippen LogP contribution in [0, 0.1) is 0 Å². The lowest BCUT2D eigenvalue weighted by Gasteiger charge is -2.20. The molecule has 1 aliphatic heterocycles. The number of carbonyl (C=O) groups is 1. The predicted octanol–water partition coefficient (Wildman–Crippen LogP) is 4.62. The Hall–Kier alpha value is -2.20. The third-order valence-corrected chi connectivity index (χ3v) is 4.61. The van der Waals surface area contributed by atoms with Crippen LogP contribution in [0.15, 0.2) is 36.4 Å². The predicted molar refractivity (Wildman–Crippen MR) is 99.0 cm³/mol. The molecule has 1 aliphatic rings. The molecule has 0 fully saturated rings. The molecule has 0 unspecified atom stereocenters. The van der Waals surface area contributed by atoms with E-state index in [4.69, 9.17) is 16.3 Å². The average Bonchev–Trinajstić information content (AvgIpc) is 2.82. The molecule has 0 spiro atoms. The van der Waals surface area contributed by atoms with Crippen molar-refractivity contribution in [3.63, 3.8) is 0 Å². The van der Waals surface area contributed by atoms with Gasteiger partial charge in [-0.1, -0.05) is 37.1 Å². The van der Waals surface area contributed by atoms with Crippen molar-refractivity contribution in [2.75, 3.05) is 13.2 Å². The summed E-state index contributed by atoms with van der Waals surface area (Å²) in [4.78, 5) is 14.2. The van der Waals surface area contributed by atoms with Crippen molar-refractivity contribution in [2.24, 2.45) is 0 Å². The highest BCUT2D eigenvalue weighted by Gasteiger charge is 2.22. The van der Waals surface area contributed by atoms with Gasteiger partial charge in [0.15, 0.2) is 11.5 Å². The van der Waals surface area contributed by atoms with Gasteiger partial charge in [0.1, 0.15) is 6.61 Å². The van der Waals surface area contributed by atoms with Crippen LogP contribution in [0.2, 0.25) is 5.02 Å². The number of unbranched alkanes of at least 4 members (excludes halogenated alkanes) is 1. The van der Waals surface area contributed by atoms with Crippen LogP contribution >= 0.6 is 11.6 Å². The summed E-state index contributed by atoms with van der Waals surface area (Å²) in [6.45, 7) is 3.43. The molecule has 0 radical (unpaired) electrons. The largest absolute Gasteiger partial charge is 0.504 e. The smallest absolute Gasteiger partial charge is 0.222 e. The van der Waals surface area contributed by atoms with Gasteiger partial charge in [-0.15, -0.1) is 0 Å². The molecule has 25 heavy (non-hydrogen) atoms. The Bertz CT molecular complexity index is 776. The Morgan fingerprint density at radius 1 is 1.28 bits per heavy atom. The van der Waals surface area contributed by atoms with Gasteiger partial charge in [-0.05, 0) is 41.8 Å². The van der Waals surface area contributed by atoms with E-state index in [1.807, 2.05) is 35.2 Å². The number of carbonyl (C=O) groups excluding carboxylic acids is 1. The average molecular weight is 360 g/mol. The summed E-state index contributed by atoms with van der Waals surface area (Å²) < 4.78 is 5.71. The molecule has 132 valence electrons. The number of aromatic hydroxyl groups is 1. The molecule has 3 rings (SSSR count). The lowest BCUT2D eigenvalue weighted by Crippen LogP contribution is -2.32. The van der Waals surface area contributed by atoms with E-state index >= 15 is 0 Å². The number of amides is 1. The standard InChI is InChI=1S/C20H22ClNO3/c1-2-3-7-19(24)22-8-9-25-20-16(13-22)10-15(12-18(20)23)14-5-4-6-17(21)11-14/h4-6,10-12,23H,2-3,7-9,13H2,1H3. The molecule has 4 nitrogen and oxygen atoms in total. The van der Waals surface area contributed by atoms with Crippen molar-refractivity contribution in [3.05, 3.63) is 47.0 Å². The van der Waals surface area contributed by atoms with Crippen molar-refractivity contribution < 1.29 is 14.6 Å². The van der Waals surface area contributed by atoms with Crippen LogP contribution < -0.4 is 4.74 Å². The van der Waals surface area contributed by atoms with Crippen LogP contribution in [-0.2, 0) is 11.3 Å². The topological polar surface area (TPSA) is 49.8 Å². The van der Waals surface area contributed by atoms with E-state index < -0.39 is 0 Å². The minimum absolute atomic E-state index is 0.0929. The van der Waals surface area contributed by atoms with Crippen LogP contribution in [0.4, 0.5) is 0 Å². The van der Waals surface area contributed by atoms with Crippen LogP contribution in [0.3, 0.4) is 0 Å². The normalized spacial score (nSPS) is 13.8. The zero-order valence-electron chi connectivity index (χ0n) is 14.3. The van der Waals surface area contributed by atoms with Crippen LogP contribution in [0.25, 0.3) is 11.1 Å². The van der Waals surface area contributed by atoms with Crippen LogP contribution in [-0.4, -0.2) is 29.1 Å².